The maximum absolute atomic E-state index is 13.1. The third-order valence-electron chi connectivity index (χ3n) is 4.51. The van der Waals surface area contributed by atoms with Gasteiger partial charge in [0.05, 0.1) is 18.0 Å². The van der Waals surface area contributed by atoms with Gasteiger partial charge in [-0.3, -0.25) is 9.59 Å². The van der Waals surface area contributed by atoms with Crippen molar-refractivity contribution < 1.29 is 14.3 Å². The highest BCUT2D eigenvalue weighted by molar-refractivity contribution is 7.98. The summed E-state index contributed by atoms with van der Waals surface area (Å²) in [5, 5.41) is 9.65. The summed E-state index contributed by atoms with van der Waals surface area (Å²) in [5.41, 5.74) is 1.25. The van der Waals surface area contributed by atoms with E-state index in [0.717, 1.165) is 10.6 Å². The normalized spacial score (nSPS) is 21.1. The Balaban J connectivity index is 1.63. The third-order valence-corrected chi connectivity index (χ3v) is 5.23. The van der Waals surface area contributed by atoms with Crippen molar-refractivity contribution in [3.05, 3.63) is 48.5 Å². The number of hydrogen-bond acceptors (Lipinski definition) is 7. The minimum absolute atomic E-state index is 0.317. The van der Waals surface area contributed by atoms with Crippen molar-refractivity contribution in [1.29, 1.82) is 0 Å². The topological polar surface area (TPSA) is 74.6 Å². The molecule has 2 aliphatic rings. The standard InChI is InChI=1S/C19H18N4O3S/c1-3-26-14-9-7-12(8-10-14)23-17-16(20-21-23)18(24)22(19(17)25)13-5-4-6-15(11-13)27-2/h4-11,16-17H,3H2,1-2H3/t16-,17+/m1/s1. The van der Waals surface area contributed by atoms with Gasteiger partial charge in [0, 0.05) is 4.90 Å². The zero-order chi connectivity index (χ0) is 19.0. The molecule has 2 aromatic carbocycles. The lowest BCUT2D eigenvalue weighted by atomic mass is 10.1. The fraction of sp³-hybridized carbons (Fsp3) is 0.263. The molecule has 0 N–H and O–H groups in total. The van der Waals surface area contributed by atoms with Gasteiger partial charge in [-0.1, -0.05) is 11.3 Å². The molecule has 7 nitrogen and oxygen atoms in total. The molecule has 0 bridgehead atoms. The minimum atomic E-state index is -0.818. The molecule has 2 aromatic rings. The molecule has 2 aliphatic heterocycles. The molecule has 0 radical (unpaired) electrons. The van der Waals surface area contributed by atoms with Crippen LogP contribution < -0.4 is 14.6 Å². The molecule has 2 atom stereocenters. The Morgan fingerprint density at radius 1 is 1.07 bits per heavy atom. The highest BCUT2D eigenvalue weighted by atomic mass is 32.2. The van der Waals surface area contributed by atoms with Crippen LogP contribution in [0.15, 0.2) is 63.8 Å². The Bertz CT molecular complexity index is 915. The van der Waals surface area contributed by atoms with Gasteiger partial charge >= 0.3 is 0 Å². The van der Waals surface area contributed by atoms with Gasteiger partial charge in [-0.15, -0.1) is 11.8 Å². The number of amides is 2. The summed E-state index contributed by atoms with van der Waals surface area (Å²) in [6, 6.07) is 13.0. The second-order valence-electron chi connectivity index (χ2n) is 6.08. The van der Waals surface area contributed by atoms with E-state index in [9.17, 15) is 9.59 Å². The van der Waals surface area contributed by atoms with Crippen molar-refractivity contribution in [3.8, 4) is 5.75 Å². The summed E-state index contributed by atoms with van der Waals surface area (Å²) in [7, 11) is 0. The number of fused-ring (bicyclic) bond motifs is 1. The van der Waals surface area contributed by atoms with Crippen LogP contribution in [0.3, 0.4) is 0 Å². The molecule has 0 aliphatic carbocycles. The quantitative estimate of drug-likeness (QED) is 0.586. The van der Waals surface area contributed by atoms with Crippen LogP contribution in [0.4, 0.5) is 11.4 Å². The smallest absolute Gasteiger partial charge is 0.263 e. The molecule has 8 heteroatoms. The molecule has 1 saturated heterocycles. The van der Waals surface area contributed by atoms with Gasteiger partial charge in [0.1, 0.15) is 5.75 Å². The molecule has 0 saturated carbocycles. The number of benzene rings is 2. The van der Waals surface area contributed by atoms with Gasteiger partial charge in [0.2, 0.25) is 0 Å². The first kappa shape index (κ1) is 17.5. The van der Waals surface area contributed by atoms with E-state index in [1.165, 1.54) is 9.91 Å². The maximum atomic E-state index is 13.1. The summed E-state index contributed by atoms with van der Waals surface area (Å²) in [5.74, 6) is 0.0702. The van der Waals surface area contributed by atoms with E-state index in [4.69, 9.17) is 4.74 Å². The van der Waals surface area contributed by atoms with Crippen LogP contribution in [0, 0.1) is 0 Å². The Labute approximate surface area is 161 Å². The average molecular weight is 382 g/mol. The van der Waals surface area contributed by atoms with Crippen molar-refractivity contribution in [2.24, 2.45) is 10.3 Å². The zero-order valence-corrected chi connectivity index (χ0v) is 15.7. The second kappa shape index (κ2) is 7.03. The maximum Gasteiger partial charge on any atom is 0.263 e. The molecule has 0 aromatic heterocycles. The molecule has 27 heavy (non-hydrogen) atoms. The molecule has 4 rings (SSSR count). The van der Waals surface area contributed by atoms with Crippen molar-refractivity contribution >= 4 is 35.0 Å². The SMILES string of the molecule is CCOc1ccc(N2N=N[C@H]3C(=O)N(c4cccc(SC)c4)C(=O)[C@H]32)cc1. The molecule has 138 valence electrons. The van der Waals surface area contributed by atoms with E-state index >= 15 is 0 Å². The lowest BCUT2D eigenvalue weighted by Crippen LogP contribution is -2.39. The first-order chi connectivity index (χ1) is 13.1. The highest BCUT2D eigenvalue weighted by Crippen LogP contribution is 2.36. The van der Waals surface area contributed by atoms with Crippen LogP contribution in [0.2, 0.25) is 0 Å². The van der Waals surface area contributed by atoms with Gasteiger partial charge in [-0.2, -0.15) is 5.11 Å². The number of ether oxygens (including phenoxy) is 1. The molecule has 1 fully saturated rings. The second-order valence-corrected chi connectivity index (χ2v) is 6.96. The Hall–Kier alpha value is -2.87. The Morgan fingerprint density at radius 3 is 2.56 bits per heavy atom. The lowest BCUT2D eigenvalue weighted by Gasteiger charge is -2.21. The largest absolute Gasteiger partial charge is 0.494 e. The van der Waals surface area contributed by atoms with Crippen LogP contribution >= 0.6 is 11.8 Å². The van der Waals surface area contributed by atoms with Gasteiger partial charge in [-0.05, 0) is 55.6 Å². The van der Waals surface area contributed by atoms with E-state index < -0.39 is 12.1 Å². The first-order valence-corrected chi connectivity index (χ1v) is 9.81. The lowest BCUT2D eigenvalue weighted by molar-refractivity contribution is -0.121. The van der Waals surface area contributed by atoms with Crippen LogP contribution in [0.1, 0.15) is 6.92 Å². The first-order valence-electron chi connectivity index (χ1n) is 8.58. The summed E-state index contributed by atoms with van der Waals surface area (Å²) < 4.78 is 5.44. The van der Waals surface area contributed by atoms with Crippen molar-refractivity contribution in [1.82, 2.24) is 0 Å². The van der Waals surface area contributed by atoms with Gasteiger partial charge in [0.15, 0.2) is 12.1 Å². The number of imide groups is 1. The number of nitrogens with zero attached hydrogens (tertiary/aromatic N) is 4. The molecular formula is C19H18N4O3S. The van der Waals surface area contributed by atoms with Crippen LogP contribution in [-0.2, 0) is 9.59 Å². The van der Waals surface area contributed by atoms with E-state index in [2.05, 4.69) is 10.3 Å². The minimum Gasteiger partial charge on any atom is -0.494 e. The molecular weight excluding hydrogens is 364 g/mol. The Kier molecular flexibility index (Phi) is 4.57. The Morgan fingerprint density at radius 2 is 1.85 bits per heavy atom. The van der Waals surface area contributed by atoms with E-state index in [0.29, 0.717) is 18.0 Å². The predicted molar refractivity (Wildman–Crippen MR) is 103 cm³/mol. The van der Waals surface area contributed by atoms with E-state index in [1.54, 1.807) is 30.0 Å². The monoisotopic (exact) mass is 382 g/mol. The van der Waals surface area contributed by atoms with Crippen molar-refractivity contribution in [3.63, 3.8) is 0 Å². The average Bonchev–Trinajstić information content (AvgIpc) is 3.23. The number of rotatable bonds is 5. The predicted octanol–water partition coefficient (Wildman–Crippen LogP) is 3.31. The number of anilines is 2. The fourth-order valence-electron chi connectivity index (χ4n) is 3.24. The van der Waals surface area contributed by atoms with Crippen molar-refractivity contribution in [2.75, 3.05) is 22.8 Å². The van der Waals surface area contributed by atoms with Crippen LogP contribution in [0.5, 0.6) is 5.75 Å². The van der Waals surface area contributed by atoms with Gasteiger partial charge in [0.25, 0.3) is 11.8 Å². The van der Waals surface area contributed by atoms with Gasteiger partial charge in [-0.25, -0.2) is 9.91 Å². The molecule has 0 unspecified atom stereocenters. The summed E-state index contributed by atoms with van der Waals surface area (Å²) in [6.07, 6.45) is 1.95. The third kappa shape index (κ3) is 2.95. The summed E-state index contributed by atoms with van der Waals surface area (Å²) in [4.78, 5) is 28.1. The summed E-state index contributed by atoms with van der Waals surface area (Å²) in [6.45, 7) is 2.49. The zero-order valence-electron chi connectivity index (χ0n) is 14.9. The van der Waals surface area contributed by atoms with Crippen LogP contribution in [-0.4, -0.2) is 36.8 Å². The number of carbonyl (C=O) groups excluding carboxylic acids is 2. The van der Waals surface area contributed by atoms with E-state index in [1.807, 2.05) is 43.5 Å². The number of thioether (sulfide) groups is 1. The number of carbonyl (C=O) groups is 2. The summed E-state index contributed by atoms with van der Waals surface area (Å²) >= 11 is 1.55. The number of hydrogen-bond donors (Lipinski definition) is 0. The fourth-order valence-corrected chi connectivity index (χ4v) is 3.69. The van der Waals surface area contributed by atoms with Crippen molar-refractivity contribution in [2.45, 2.75) is 23.9 Å². The molecule has 2 amide bonds. The highest BCUT2D eigenvalue weighted by Gasteiger charge is 2.55. The van der Waals surface area contributed by atoms with E-state index in [-0.39, 0.29) is 11.8 Å². The molecule has 2 heterocycles. The van der Waals surface area contributed by atoms with Gasteiger partial charge < -0.3 is 4.74 Å². The van der Waals surface area contributed by atoms with Crippen LogP contribution in [0.25, 0.3) is 0 Å². The molecule has 0 spiro atoms.